The molecule has 4 rings (SSSR count). The fourth-order valence-corrected chi connectivity index (χ4v) is 4.09. The molecule has 2 aromatic rings. The Morgan fingerprint density at radius 1 is 0.857 bits per heavy atom. The third-order valence-electron chi connectivity index (χ3n) is 5.91. The summed E-state index contributed by atoms with van der Waals surface area (Å²) in [4.78, 5) is 31.4. The largest absolute Gasteiger partial charge is 0.297 e. The third-order valence-corrected chi connectivity index (χ3v) is 5.91. The average Bonchev–Trinajstić information content (AvgIpc) is 3.00. The number of rotatable bonds is 5. The van der Waals surface area contributed by atoms with Gasteiger partial charge in [-0.15, -0.1) is 0 Å². The number of likely N-dealkylation sites (tertiary alicyclic amines) is 1. The Hall–Kier alpha value is -2.50. The second-order valence-electron chi connectivity index (χ2n) is 7.79. The van der Waals surface area contributed by atoms with E-state index in [1.807, 2.05) is 30.3 Å². The standard InChI is InChI=1S/C23H27N3O2/c1-18-7-5-6-10-20(18)16-24-11-13-25(14-12-24)17-26-22(27)15-21(23(26)28)19-8-3-2-4-9-19/h2-10,21H,11-17H2,1H3/t21-/m1/s1. The first kappa shape index (κ1) is 18.8. The quantitative estimate of drug-likeness (QED) is 0.752. The summed E-state index contributed by atoms with van der Waals surface area (Å²) in [5.74, 6) is -0.434. The van der Waals surface area contributed by atoms with E-state index < -0.39 is 0 Å². The first-order valence-electron chi connectivity index (χ1n) is 10.00. The van der Waals surface area contributed by atoms with E-state index in [0.29, 0.717) is 6.67 Å². The van der Waals surface area contributed by atoms with Crippen molar-refractivity contribution in [3.63, 3.8) is 0 Å². The fourth-order valence-electron chi connectivity index (χ4n) is 4.09. The number of aryl methyl sites for hydroxylation is 1. The first-order chi connectivity index (χ1) is 13.6. The summed E-state index contributed by atoms with van der Waals surface area (Å²) in [6.07, 6.45) is 0.288. The molecule has 0 bridgehead atoms. The molecule has 0 aromatic heterocycles. The Morgan fingerprint density at radius 2 is 1.50 bits per heavy atom. The number of amides is 2. The molecule has 2 aromatic carbocycles. The van der Waals surface area contributed by atoms with Crippen LogP contribution < -0.4 is 0 Å². The van der Waals surface area contributed by atoms with Crippen LogP contribution in [0.1, 0.15) is 29.0 Å². The lowest BCUT2D eigenvalue weighted by Crippen LogP contribution is -2.50. The first-order valence-corrected chi connectivity index (χ1v) is 10.00. The zero-order chi connectivity index (χ0) is 19.5. The SMILES string of the molecule is Cc1ccccc1CN1CCN(CN2C(=O)C[C@H](c3ccccc3)C2=O)CC1. The highest BCUT2D eigenvalue weighted by Crippen LogP contribution is 2.29. The van der Waals surface area contributed by atoms with Crippen LogP contribution in [-0.4, -0.2) is 59.4 Å². The molecular formula is C23H27N3O2. The molecule has 2 saturated heterocycles. The van der Waals surface area contributed by atoms with Crippen molar-refractivity contribution in [1.82, 2.24) is 14.7 Å². The lowest BCUT2D eigenvalue weighted by atomic mass is 9.98. The molecule has 5 heteroatoms. The van der Waals surface area contributed by atoms with Gasteiger partial charge in [0.1, 0.15) is 0 Å². The summed E-state index contributed by atoms with van der Waals surface area (Å²) in [7, 11) is 0. The molecule has 2 heterocycles. The van der Waals surface area contributed by atoms with E-state index >= 15 is 0 Å². The van der Waals surface area contributed by atoms with Crippen LogP contribution in [0.4, 0.5) is 0 Å². The van der Waals surface area contributed by atoms with Crippen molar-refractivity contribution in [2.24, 2.45) is 0 Å². The molecule has 0 aliphatic carbocycles. The topological polar surface area (TPSA) is 43.9 Å². The third kappa shape index (κ3) is 4.01. The molecule has 1 atom stereocenters. The summed E-state index contributed by atoms with van der Waals surface area (Å²) in [5, 5.41) is 0. The summed E-state index contributed by atoms with van der Waals surface area (Å²) >= 11 is 0. The zero-order valence-corrected chi connectivity index (χ0v) is 16.4. The lowest BCUT2D eigenvalue weighted by molar-refractivity contribution is -0.141. The van der Waals surface area contributed by atoms with Gasteiger partial charge in [0.05, 0.1) is 12.6 Å². The molecular weight excluding hydrogens is 350 g/mol. The molecule has 0 N–H and O–H groups in total. The molecule has 5 nitrogen and oxygen atoms in total. The molecule has 2 amide bonds. The van der Waals surface area contributed by atoms with Gasteiger partial charge in [-0.05, 0) is 23.6 Å². The van der Waals surface area contributed by atoms with Crippen molar-refractivity contribution in [3.8, 4) is 0 Å². The second-order valence-corrected chi connectivity index (χ2v) is 7.79. The zero-order valence-electron chi connectivity index (χ0n) is 16.4. The smallest absolute Gasteiger partial charge is 0.238 e. The highest BCUT2D eigenvalue weighted by Gasteiger charge is 2.40. The minimum Gasteiger partial charge on any atom is -0.297 e. The number of imide groups is 1. The van der Waals surface area contributed by atoms with Crippen LogP contribution in [0.5, 0.6) is 0 Å². The van der Waals surface area contributed by atoms with Crippen LogP contribution in [0.2, 0.25) is 0 Å². The summed E-state index contributed by atoms with van der Waals surface area (Å²) in [6, 6.07) is 18.1. The van der Waals surface area contributed by atoms with Crippen LogP contribution >= 0.6 is 0 Å². The van der Waals surface area contributed by atoms with Gasteiger partial charge >= 0.3 is 0 Å². The number of carbonyl (C=O) groups excluding carboxylic acids is 2. The number of hydrogen-bond acceptors (Lipinski definition) is 4. The molecule has 146 valence electrons. The average molecular weight is 377 g/mol. The van der Waals surface area contributed by atoms with Crippen molar-refractivity contribution in [2.45, 2.75) is 25.8 Å². The number of hydrogen-bond donors (Lipinski definition) is 0. The monoisotopic (exact) mass is 377 g/mol. The maximum Gasteiger partial charge on any atom is 0.238 e. The minimum atomic E-state index is -0.323. The predicted octanol–water partition coefficient (Wildman–Crippen LogP) is 2.61. The summed E-state index contributed by atoms with van der Waals surface area (Å²) in [6.45, 7) is 7.17. The van der Waals surface area contributed by atoms with Gasteiger partial charge in [-0.1, -0.05) is 54.6 Å². The van der Waals surface area contributed by atoms with Gasteiger partial charge in [0.25, 0.3) is 0 Å². The molecule has 2 fully saturated rings. The van der Waals surface area contributed by atoms with Gasteiger partial charge in [0.2, 0.25) is 11.8 Å². The molecule has 0 spiro atoms. The fraction of sp³-hybridized carbons (Fsp3) is 0.391. The molecule has 28 heavy (non-hydrogen) atoms. The van der Waals surface area contributed by atoms with Gasteiger partial charge in [-0.25, -0.2) is 0 Å². The number of piperazine rings is 1. The predicted molar refractivity (Wildman–Crippen MR) is 109 cm³/mol. The van der Waals surface area contributed by atoms with Crippen molar-refractivity contribution in [1.29, 1.82) is 0 Å². The Kier molecular flexibility index (Phi) is 5.55. The van der Waals surface area contributed by atoms with E-state index in [4.69, 9.17) is 0 Å². The minimum absolute atomic E-state index is 0.0545. The van der Waals surface area contributed by atoms with Gasteiger partial charge in [0, 0.05) is 39.1 Å². The van der Waals surface area contributed by atoms with E-state index in [0.717, 1.165) is 38.3 Å². The Bertz CT molecular complexity index is 844. The van der Waals surface area contributed by atoms with Crippen LogP contribution in [0.15, 0.2) is 54.6 Å². The normalized spacial score (nSPS) is 21.5. The van der Waals surface area contributed by atoms with Crippen molar-refractivity contribution in [3.05, 3.63) is 71.3 Å². The van der Waals surface area contributed by atoms with Crippen LogP contribution in [0.25, 0.3) is 0 Å². The second kappa shape index (κ2) is 8.25. The van der Waals surface area contributed by atoms with Crippen molar-refractivity contribution in [2.75, 3.05) is 32.8 Å². The van der Waals surface area contributed by atoms with Crippen LogP contribution in [0.3, 0.4) is 0 Å². The summed E-state index contributed by atoms with van der Waals surface area (Å²) in [5.41, 5.74) is 3.63. The number of nitrogens with zero attached hydrogens (tertiary/aromatic N) is 3. The molecule has 0 saturated carbocycles. The van der Waals surface area contributed by atoms with Gasteiger partial charge in [-0.2, -0.15) is 0 Å². The number of benzene rings is 2. The maximum atomic E-state index is 12.8. The van der Waals surface area contributed by atoms with Crippen molar-refractivity contribution < 1.29 is 9.59 Å². The van der Waals surface area contributed by atoms with Crippen LogP contribution in [0, 0.1) is 6.92 Å². The van der Waals surface area contributed by atoms with E-state index in [-0.39, 0.29) is 24.2 Å². The van der Waals surface area contributed by atoms with E-state index in [1.54, 1.807) is 0 Å². The summed E-state index contributed by atoms with van der Waals surface area (Å²) < 4.78 is 0. The Balaban J connectivity index is 1.32. The van der Waals surface area contributed by atoms with E-state index in [9.17, 15) is 9.59 Å². The molecule has 2 aliphatic heterocycles. The Labute approximate surface area is 166 Å². The molecule has 2 aliphatic rings. The van der Waals surface area contributed by atoms with Crippen LogP contribution in [-0.2, 0) is 16.1 Å². The highest BCUT2D eigenvalue weighted by molar-refractivity contribution is 6.06. The van der Waals surface area contributed by atoms with E-state index in [2.05, 4.69) is 41.0 Å². The van der Waals surface area contributed by atoms with E-state index in [1.165, 1.54) is 16.0 Å². The van der Waals surface area contributed by atoms with Crippen molar-refractivity contribution >= 4 is 11.8 Å². The molecule has 0 radical (unpaired) electrons. The lowest BCUT2D eigenvalue weighted by Gasteiger charge is -2.36. The molecule has 0 unspecified atom stereocenters. The Morgan fingerprint density at radius 3 is 2.21 bits per heavy atom. The number of carbonyl (C=O) groups is 2. The van der Waals surface area contributed by atoms with Gasteiger partial charge in [-0.3, -0.25) is 24.3 Å². The van der Waals surface area contributed by atoms with Gasteiger partial charge in [0.15, 0.2) is 0 Å². The highest BCUT2D eigenvalue weighted by atomic mass is 16.2. The van der Waals surface area contributed by atoms with Gasteiger partial charge < -0.3 is 0 Å². The maximum absolute atomic E-state index is 12.8.